The number of benzene rings is 3. The predicted molar refractivity (Wildman–Crippen MR) is 132 cm³/mol. The van der Waals surface area contributed by atoms with E-state index in [9.17, 15) is 5.11 Å². The summed E-state index contributed by atoms with van der Waals surface area (Å²) in [6.07, 6.45) is 0.154. The molecule has 0 bridgehead atoms. The summed E-state index contributed by atoms with van der Waals surface area (Å²) in [6.45, 7) is 5.43. The summed E-state index contributed by atoms with van der Waals surface area (Å²) >= 11 is 0. The maximum Gasteiger partial charge on any atom is 0.116 e. The smallest absolute Gasteiger partial charge is 0.116 e. The van der Waals surface area contributed by atoms with Crippen LogP contribution in [-0.2, 0) is 34.0 Å². The van der Waals surface area contributed by atoms with Gasteiger partial charge in [-0.1, -0.05) is 103 Å². The van der Waals surface area contributed by atoms with Crippen molar-refractivity contribution in [1.82, 2.24) is 0 Å². The molecule has 0 saturated heterocycles. The Balaban J connectivity index is 1.70. The Hall–Kier alpha value is -2.76. The summed E-state index contributed by atoms with van der Waals surface area (Å²) in [5.41, 5.74) is 4.27. The van der Waals surface area contributed by atoms with Gasteiger partial charge in [0, 0.05) is 0 Å². The monoisotopic (exact) mass is 446 g/mol. The van der Waals surface area contributed by atoms with Crippen molar-refractivity contribution in [1.29, 1.82) is 0 Å². The van der Waals surface area contributed by atoms with E-state index >= 15 is 0 Å². The average Bonchev–Trinajstić information content (AvgIpc) is 2.84. The van der Waals surface area contributed by atoms with Gasteiger partial charge >= 0.3 is 0 Å². The van der Waals surface area contributed by atoms with Gasteiger partial charge in [-0.15, -0.1) is 0 Å². The van der Waals surface area contributed by atoms with E-state index < -0.39 is 18.3 Å². The lowest BCUT2D eigenvalue weighted by Crippen LogP contribution is -2.43. The summed E-state index contributed by atoms with van der Waals surface area (Å²) in [6, 6.07) is 29.9. The lowest BCUT2D eigenvalue weighted by atomic mass is 10.1. The van der Waals surface area contributed by atoms with Crippen molar-refractivity contribution in [3.63, 3.8) is 0 Å². The molecule has 4 nitrogen and oxygen atoms in total. The molecule has 174 valence electrons. The summed E-state index contributed by atoms with van der Waals surface area (Å²) in [7, 11) is 0. The highest BCUT2D eigenvalue weighted by Crippen LogP contribution is 2.18. The summed E-state index contributed by atoms with van der Waals surface area (Å²) in [4.78, 5) is 0. The van der Waals surface area contributed by atoms with Crippen LogP contribution in [0.25, 0.3) is 0 Å². The normalized spacial score (nSPS) is 13.8. The lowest BCUT2D eigenvalue weighted by Gasteiger charge is -2.30. The van der Waals surface area contributed by atoms with E-state index in [1.54, 1.807) is 0 Å². The number of hydrogen-bond donors (Lipinski definition) is 1. The van der Waals surface area contributed by atoms with E-state index in [0.29, 0.717) is 19.8 Å². The second-order valence-electron chi connectivity index (χ2n) is 8.33. The Morgan fingerprint density at radius 3 is 1.64 bits per heavy atom. The molecular weight excluding hydrogens is 412 g/mol. The molecule has 0 aliphatic carbocycles. The summed E-state index contributed by atoms with van der Waals surface area (Å²) in [5, 5.41) is 11.1. The minimum absolute atomic E-state index is 0.149. The minimum atomic E-state index is -0.853. The molecule has 3 rings (SSSR count). The Labute approximate surface area is 197 Å². The van der Waals surface area contributed by atoms with Crippen molar-refractivity contribution in [3.05, 3.63) is 119 Å². The zero-order valence-corrected chi connectivity index (χ0v) is 19.5. The molecule has 0 unspecified atom stereocenters. The minimum Gasteiger partial charge on any atom is -0.388 e. The van der Waals surface area contributed by atoms with Crippen LogP contribution in [0.3, 0.4) is 0 Å². The molecule has 0 fully saturated rings. The number of allylic oxidation sites excluding steroid dienone is 1. The van der Waals surface area contributed by atoms with Crippen LogP contribution in [0.15, 0.2) is 103 Å². The zero-order valence-electron chi connectivity index (χ0n) is 19.5. The molecule has 0 saturated carbocycles. The summed E-state index contributed by atoms with van der Waals surface area (Å²) < 4.78 is 18.3. The second-order valence-corrected chi connectivity index (χ2v) is 8.33. The van der Waals surface area contributed by atoms with Gasteiger partial charge in [-0.2, -0.15) is 0 Å². The fourth-order valence-electron chi connectivity index (χ4n) is 3.49. The lowest BCUT2D eigenvalue weighted by molar-refractivity contribution is -0.134. The molecule has 0 spiro atoms. The van der Waals surface area contributed by atoms with Crippen LogP contribution in [0.1, 0.15) is 30.5 Å². The molecule has 1 N–H and O–H groups in total. The van der Waals surface area contributed by atoms with Gasteiger partial charge in [-0.25, -0.2) is 0 Å². The number of aliphatic hydroxyl groups excluding tert-OH is 1. The van der Waals surface area contributed by atoms with Crippen LogP contribution in [0.4, 0.5) is 0 Å². The van der Waals surface area contributed by atoms with Crippen LogP contribution in [0.5, 0.6) is 0 Å². The van der Waals surface area contributed by atoms with Crippen molar-refractivity contribution < 1.29 is 19.3 Å². The van der Waals surface area contributed by atoms with E-state index in [1.165, 1.54) is 0 Å². The Kier molecular flexibility index (Phi) is 10.3. The maximum absolute atomic E-state index is 11.1. The Bertz CT molecular complexity index is 937. The number of hydrogen-bond acceptors (Lipinski definition) is 4. The molecule has 0 heterocycles. The molecule has 0 aliphatic rings. The molecular formula is C29H34O4. The van der Waals surface area contributed by atoms with Crippen molar-refractivity contribution >= 4 is 0 Å². The van der Waals surface area contributed by atoms with Gasteiger partial charge in [0.15, 0.2) is 0 Å². The molecule has 0 amide bonds. The van der Waals surface area contributed by atoms with E-state index in [1.807, 2.05) is 111 Å². The molecule has 3 atom stereocenters. The van der Waals surface area contributed by atoms with Gasteiger partial charge in [-0.05, 0) is 30.5 Å². The van der Waals surface area contributed by atoms with Gasteiger partial charge in [-0.3, -0.25) is 0 Å². The summed E-state index contributed by atoms with van der Waals surface area (Å²) in [5.74, 6) is 0. The fourth-order valence-corrected chi connectivity index (χ4v) is 3.49. The van der Waals surface area contributed by atoms with Crippen molar-refractivity contribution in [2.75, 3.05) is 6.61 Å². The van der Waals surface area contributed by atoms with Crippen LogP contribution in [-0.4, -0.2) is 30.0 Å². The number of aliphatic hydroxyl groups is 1. The largest absolute Gasteiger partial charge is 0.388 e. The second kappa shape index (κ2) is 13.7. The molecule has 4 heteroatoms. The van der Waals surface area contributed by atoms with Crippen molar-refractivity contribution in [2.45, 2.75) is 52.0 Å². The third-order valence-electron chi connectivity index (χ3n) is 5.17. The first-order valence-electron chi connectivity index (χ1n) is 11.4. The number of rotatable bonds is 13. The van der Waals surface area contributed by atoms with Crippen LogP contribution < -0.4 is 0 Å². The fraction of sp³-hybridized carbons (Fsp3) is 0.310. The number of ether oxygens (including phenoxy) is 3. The zero-order chi connectivity index (χ0) is 23.3. The van der Waals surface area contributed by atoms with Gasteiger partial charge in [0.05, 0.1) is 26.4 Å². The third-order valence-corrected chi connectivity index (χ3v) is 5.17. The maximum atomic E-state index is 11.1. The Morgan fingerprint density at radius 2 is 1.15 bits per heavy atom. The quantitative estimate of drug-likeness (QED) is 0.342. The van der Waals surface area contributed by atoms with Gasteiger partial charge in [0.25, 0.3) is 0 Å². The molecule has 0 aromatic heterocycles. The third kappa shape index (κ3) is 8.95. The van der Waals surface area contributed by atoms with Crippen LogP contribution in [0.2, 0.25) is 0 Å². The van der Waals surface area contributed by atoms with Gasteiger partial charge < -0.3 is 19.3 Å². The van der Waals surface area contributed by atoms with Crippen LogP contribution >= 0.6 is 0 Å². The predicted octanol–water partition coefficient (Wildman–Crippen LogP) is 5.70. The average molecular weight is 447 g/mol. The first-order valence-corrected chi connectivity index (χ1v) is 11.4. The molecule has 0 aliphatic heterocycles. The molecule has 33 heavy (non-hydrogen) atoms. The molecule has 0 radical (unpaired) electrons. The van der Waals surface area contributed by atoms with Gasteiger partial charge in [0.2, 0.25) is 0 Å². The van der Waals surface area contributed by atoms with Crippen molar-refractivity contribution in [3.8, 4) is 0 Å². The highest BCUT2D eigenvalue weighted by molar-refractivity contribution is 5.15. The topological polar surface area (TPSA) is 47.9 Å². The first kappa shape index (κ1) is 24.9. The highest BCUT2D eigenvalue weighted by Gasteiger charge is 2.29. The van der Waals surface area contributed by atoms with Gasteiger partial charge in [0.1, 0.15) is 18.3 Å². The van der Waals surface area contributed by atoms with E-state index in [0.717, 1.165) is 22.3 Å². The van der Waals surface area contributed by atoms with E-state index in [-0.39, 0.29) is 6.61 Å². The Morgan fingerprint density at radius 1 is 0.697 bits per heavy atom. The van der Waals surface area contributed by atoms with E-state index in [4.69, 9.17) is 14.2 Å². The van der Waals surface area contributed by atoms with E-state index in [2.05, 4.69) is 0 Å². The van der Waals surface area contributed by atoms with Crippen LogP contribution in [0, 0.1) is 0 Å². The van der Waals surface area contributed by atoms with Crippen molar-refractivity contribution in [2.24, 2.45) is 0 Å². The highest BCUT2D eigenvalue weighted by atomic mass is 16.6. The first-order chi connectivity index (χ1) is 16.1. The molecule has 3 aromatic rings. The molecule has 3 aromatic carbocycles. The standard InChI is InChI=1S/C29H34O4/c1-23(2)18-28(32-20-25-14-8-4-9-15-25)29(33-21-26-16-10-5-11-17-26)27(30)22-31-19-24-12-6-3-7-13-24/h3-18,27-30H,19-22H2,1-2H3/t27-,28-,29-/m1/s1. The SMILES string of the molecule is CC(C)=C[C@@H](OCc1ccccc1)[C@H](OCc1ccccc1)[C@H](O)COCc1ccccc1.